The standard InChI is InChI=1S/C16H24FNO/c1-2-5-13-8-10-18(12-13)11-9-16(19)14-6-3-4-7-15(14)17/h3-4,6-7,13,16,19H,2,5,8-12H2,1H3. The average molecular weight is 265 g/mol. The Balaban J connectivity index is 1.78. The molecule has 0 saturated carbocycles. The molecule has 1 N–H and O–H groups in total. The molecule has 2 unspecified atom stereocenters. The van der Waals surface area contributed by atoms with Gasteiger partial charge in [0.05, 0.1) is 6.10 Å². The van der Waals surface area contributed by atoms with Gasteiger partial charge in [0.15, 0.2) is 0 Å². The zero-order chi connectivity index (χ0) is 13.7. The van der Waals surface area contributed by atoms with E-state index in [2.05, 4.69) is 11.8 Å². The summed E-state index contributed by atoms with van der Waals surface area (Å²) in [5, 5.41) is 10.1. The fourth-order valence-electron chi connectivity index (χ4n) is 2.97. The molecule has 0 amide bonds. The first-order valence-corrected chi connectivity index (χ1v) is 7.35. The molecule has 0 aliphatic carbocycles. The highest BCUT2D eigenvalue weighted by Crippen LogP contribution is 2.24. The summed E-state index contributed by atoms with van der Waals surface area (Å²) in [5.41, 5.74) is 0.423. The molecule has 1 fully saturated rings. The van der Waals surface area contributed by atoms with Crippen molar-refractivity contribution in [2.24, 2.45) is 5.92 Å². The number of halogens is 1. The molecule has 1 aromatic carbocycles. The third-order valence-electron chi connectivity index (χ3n) is 4.05. The van der Waals surface area contributed by atoms with Gasteiger partial charge in [0, 0.05) is 18.7 Å². The molecule has 2 atom stereocenters. The van der Waals surface area contributed by atoms with Crippen molar-refractivity contribution < 1.29 is 9.50 Å². The lowest BCUT2D eigenvalue weighted by Crippen LogP contribution is -2.23. The Morgan fingerprint density at radius 1 is 1.42 bits per heavy atom. The third-order valence-corrected chi connectivity index (χ3v) is 4.05. The molecule has 1 saturated heterocycles. The van der Waals surface area contributed by atoms with Crippen LogP contribution >= 0.6 is 0 Å². The van der Waals surface area contributed by atoms with Gasteiger partial charge in [0.1, 0.15) is 5.82 Å². The van der Waals surface area contributed by atoms with E-state index in [1.165, 1.54) is 25.3 Å². The summed E-state index contributed by atoms with van der Waals surface area (Å²) in [6, 6.07) is 6.51. The Hall–Kier alpha value is -0.930. The highest BCUT2D eigenvalue weighted by Gasteiger charge is 2.22. The fraction of sp³-hybridized carbons (Fsp3) is 0.625. The number of likely N-dealkylation sites (tertiary alicyclic amines) is 1. The number of nitrogens with zero attached hydrogens (tertiary/aromatic N) is 1. The van der Waals surface area contributed by atoms with Crippen LogP contribution in [-0.4, -0.2) is 29.6 Å². The van der Waals surface area contributed by atoms with Crippen molar-refractivity contribution >= 4 is 0 Å². The van der Waals surface area contributed by atoms with Crippen LogP contribution in [0.2, 0.25) is 0 Å². The van der Waals surface area contributed by atoms with Crippen LogP contribution in [0.1, 0.15) is 44.3 Å². The average Bonchev–Trinajstić information content (AvgIpc) is 2.85. The van der Waals surface area contributed by atoms with Gasteiger partial charge in [-0.3, -0.25) is 0 Å². The van der Waals surface area contributed by atoms with Gasteiger partial charge in [-0.1, -0.05) is 31.5 Å². The van der Waals surface area contributed by atoms with E-state index in [-0.39, 0.29) is 5.82 Å². The first-order chi connectivity index (χ1) is 9.20. The number of benzene rings is 1. The van der Waals surface area contributed by atoms with Crippen molar-refractivity contribution in [3.63, 3.8) is 0 Å². The van der Waals surface area contributed by atoms with Crippen LogP contribution in [0.4, 0.5) is 4.39 Å². The lowest BCUT2D eigenvalue weighted by Gasteiger charge is -2.18. The van der Waals surface area contributed by atoms with Gasteiger partial charge in [0.25, 0.3) is 0 Å². The van der Waals surface area contributed by atoms with Gasteiger partial charge in [-0.2, -0.15) is 0 Å². The Kier molecular flexibility index (Phi) is 5.34. The van der Waals surface area contributed by atoms with E-state index in [0.29, 0.717) is 12.0 Å². The molecule has 2 rings (SSSR count). The molecule has 1 aliphatic rings. The van der Waals surface area contributed by atoms with E-state index in [0.717, 1.165) is 25.6 Å². The molecule has 1 aliphatic heterocycles. The summed E-state index contributed by atoms with van der Waals surface area (Å²) < 4.78 is 13.5. The minimum Gasteiger partial charge on any atom is -0.388 e. The van der Waals surface area contributed by atoms with Crippen molar-refractivity contribution in [1.82, 2.24) is 4.90 Å². The van der Waals surface area contributed by atoms with E-state index < -0.39 is 6.10 Å². The molecule has 106 valence electrons. The normalized spacial score (nSPS) is 21.7. The molecule has 1 heterocycles. The van der Waals surface area contributed by atoms with Crippen LogP contribution in [0, 0.1) is 11.7 Å². The first-order valence-electron chi connectivity index (χ1n) is 7.35. The summed E-state index contributed by atoms with van der Waals surface area (Å²) in [5.74, 6) is 0.510. The second kappa shape index (κ2) is 7.01. The summed E-state index contributed by atoms with van der Waals surface area (Å²) in [6.45, 7) is 5.34. The SMILES string of the molecule is CCCC1CCN(CCC(O)c2ccccc2F)C1. The zero-order valence-corrected chi connectivity index (χ0v) is 11.7. The zero-order valence-electron chi connectivity index (χ0n) is 11.7. The predicted molar refractivity (Wildman–Crippen MR) is 75.4 cm³/mol. The topological polar surface area (TPSA) is 23.5 Å². The van der Waals surface area contributed by atoms with Crippen molar-refractivity contribution in [2.75, 3.05) is 19.6 Å². The van der Waals surface area contributed by atoms with Crippen molar-refractivity contribution in [2.45, 2.75) is 38.7 Å². The van der Waals surface area contributed by atoms with Crippen molar-refractivity contribution in [3.05, 3.63) is 35.6 Å². The minimum atomic E-state index is -0.688. The van der Waals surface area contributed by atoms with E-state index >= 15 is 0 Å². The Morgan fingerprint density at radius 2 is 2.21 bits per heavy atom. The second-order valence-corrected chi connectivity index (χ2v) is 5.57. The van der Waals surface area contributed by atoms with E-state index in [9.17, 15) is 9.50 Å². The van der Waals surface area contributed by atoms with Crippen molar-refractivity contribution in [3.8, 4) is 0 Å². The number of rotatable bonds is 6. The van der Waals surface area contributed by atoms with Gasteiger partial charge in [0.2, 0.25) is 0 Å². The van der Waals surface area contributed by atoms with Gasteiger partial charge >= 0.3 is 0 Å². The Labute approximate surface area is 115 Å². The number of aliphatic hydroxyl groups is 1. The Bertz CT molecular complexity index is 396. The number of aliphatic hydroxyl groups excluding tert-OH is 1. The highest BCUT2D eigenvalue weighted by atomic mass is 19.1. The minimum absolute atomic E-state index is 0.305. The summed E-state index contributed by atoms with van der Waals surface area (Å²) >= 11 is 0. The number of hydrogen-bond donors (Lipinski definition) is 1. The van der Waals surface area contributed by atoms with Crippen LogP contribution in [0.5, 0.6) is 0 Å². The smallest absolute Gasteiger partial charge is 0.128 e. The Morgan fingerprint density at radius 3 is 2.95 bits per heavy atom. The van der Waals surface area contributed by atoms with Gasteiger partial charge in [-0.05, 0) is 37.8 Å². The molecule has 1 aromatic rings. The van der Waals surface area contributed by atoms with E-state index in [4.69, 9.17) is 0 Å². The molecular weight excluding hydrogens is 241 g/mol. The quantitative estimate of drug-likeness (QED) is 0.852. The monoisotopic (exact) mass is 265 g/mol. The summed E-state index contributed by atoms with van der Waals surface area (Å²) in [6.07, 6.45) is 3.73. The maximum atomic E-state index is 13.5. The maximum Gasteiger partial charge on any atom is 0.128 e. The maximum absolute atomic E-state index is 13.5. The molecular formula is C16H24FNO. The van der Waals surface area contributed by atoms with E-state index in [1.54, 1.807) is 18.2 Å². The predicted octanol–water partition coefficient (Wildman–Crippen LogP) is 3.37. The molecule has 2 nitrogen and oxygen atoms in total. The molecule has 3 heteroatoms. The van der Waals surface area contributed by atoms with E-state index in [1.807, 2.05) is 0 Å². The third kappa shape index (κ3) is 4.02. The first kappa shape index (κ1) is 14.5. The van der Waals surface area contributed by atoms with Crippen LogP contribution in [0.15, 0.2) is 24.3 Å². The van der Waals surface area contributed by atoms with Crippen LogP contribution in [0.3, 0.4) is 0 Å². The highest BCUT2D eigenvalue weighted by molar-refractivity contribution is 5.19. The van der Waals surface area contributed by atoms with Gasteiger partial charge in [-0.25, -0.2) is 4.39 Å². The summed E-state index contributed by atoms with van der Waals surface area (Å²) in [7, 11) is 0. The van der Waals surface area contributed by atoms with Crippen LogP contribution in [-0.2, 0) is 0 Å². The molecule has 0 bridgehead atoms. The van der Waals surface area contributed by atoms with Crippen molar-refractivity contribution in [1.29, 1.82) is 0 Å². The largest absolute Gasteiger partial charge is 0.388 e. The molecule has 0 aromatic heterocycles. The number of hydrogen-bond acceptors (Lipinski definition) is 2. The lowest BCUT2D eigenvalue weighted by molar-refractivity contribution is 0.144. The van der Waals surface area contributed by atoms with Crippen LogP contribution in [0.25, 0.3) is 0 Å². The molecule has 0 spiro atoms. The summed E-state index contributed by atoms with van der Waals surface area (Å²) in [4.78, 5) is 2.39. The molecule has 19 heavy (non-hydrogen) atoms. The molecule has 0 radical (unpaired) electrons. The van der Waals surface area contributed by atoms with Gasteiger partial charge < -0.3 is 10.0 Å². The fourth-order valence-corrected chi connectivity index (χ4v) is 2.97. The second-order valence-electron chi connectivity index (χ2n) is 5.57. The van der Waals surface area contributed by atoms with Crippen LogP contribution < -0.4 is 0 Å². The van der Waals surface area contributed by atoms with Gasteiger partial charge in [-0.15, -0.1) is 0 Å². The lowest BCUT2D eigenvalue weighted by atomic mass is 10.0.